The molecule has 6 heteroatoms. The Kier molecular flexibility index (Phi) is 8.75. The third-order valence-corrected chi connectivity index (χ3v) is 7.15. The molecular formula is C26H34ClFO4. The maximum Gasteiger partial charge on any atom is 0.309 e. The van der Waals surface area contributed by atoms with E-state index in [4.69, 9.17) is 21.1 Å². The van der Waals surface area contributed by atoms with Crippen molar-refractivity contribution in [3.05, 3.63) is 40.7 Å². The van der Waals surface area contributed by atoms with Gasteiger partial charge in [-0.1, -0.05) is 43.5 Å². The van der Waals surface area contributed by atoms with Crippen molar-refractivity contribution in [3.63, 3.8) is 0 Å². The summed E-state index contributed by atoms with van der Waals surface area (Å²) in [6.07, 6.45) is 8.09. The molecule has 3 rings (SSSR count). The van der Waals surface area contributed by atoms with Crippen LogP contribution in [0.15, 0.2) is 24.3 Å². The van der Waals surface area contributed by atoms with Gasteiger partial charge in [0.15, 0.2) is 5.78 Å². The maximum atomic E-state index is 14.8. The van der Waals surface area contributed by atoms with Crippen molar-refractivity contribution in [2.75, 3.05) is 13.7 Å². The molecule has 1 aromatic carbocycles. The monoisotopic (exact) mass is 464 g/mol. The fourth-order valence-electron chi connectivity index (χ4n) is 5.40. The number of carbonyl (C=O) groups is 2. The SMILES string of the molecule is C=C1CC(C)CC(CCCOc2cc(F)c(C(=O)C3CCCCC3C(=O)OC)cc2Cl)C1. The van der Waals surface area contributed by atoms with Crippen LogP contribution in [0.2, 0.25) is 5.02 Å². The second-order valence-electron chi connectivity index (χ2n) is 9.50. The van der Waals surface area contributed by atoms with Gasteiger partial charge in [0.1, 0.15) is 11.6 Å². The second kappa shape index (κ2) is 11.3. The van der Waals surface area contributed by atoms with Crippen molar-refractivity contribution in [1.82, 2.24) is 0 Å². The molecule has 32 heavy (non-hydrogen) atoms. The summed E-state index contributed by atoms with van der Waals surface area (Å²) in [4.78, 5) is 25.1. The molecule has 0 N–H and O–H groups in total. The molecule has 176 valence electrons. The molecule has 4 atom stereocenters. The number of rotatable bonds is 8. The molecule has 0 heterocycles. The molecule has 2 saturated carbocycles. The first-order valence-electron chi connectivity index (χ1n) is 11.7. The standard InChI is InChI=1S/C26H34ClFO4/c1-16-11-17(2)13-18(12-16)7-6-10-32-24-15-23(28)21(14-22(24)27)25(29)19-8-4-5-9-20(19)26(30)31-3/h14-15,17-20H,1,4-13H2,2-3H3. The van der Waals surface area contributed by atoms with E-state index in [2.05, 4.69) is 13.5 Å². The fourth-order valence-corrected chi connectivity index (χ4v) is 5.62. The molecule has 0 radical (unpaired) electrons. The molecule has 4 nitrogen and oxygen atoms in total. The summed E-state index contributed by atoms with van der Waals surface area (Å²) in [5.41, 5.74) is 1.24. The number of carbonyl (C=O) groups excluding carboxylic acids is 2. The van der Waals surface area contributed by atoms with E-state index in [9.17, 15) is 14.0 Å². The minimum atomic E-state index is -0.666. The molecule has 0 aromatic heterocycles. The second-order valence-corrected chi connectivity index (χ2v) is 9.91. The van der Waals surface area contributed by atoms with Crippen molar-refractivity contribution in [2.45, 2.75) is 64.7 Å². The van der Waals surface area contributed by atoms with E-state index in [0.717, 1.165) is 38.5 Å². The zero-order valence-corrected chi connectivity index (χ0v) is 19.9. The number of ketones is 1. The van der Waals surface area contributed by atoms with Crippen LogP contribution in [0, 0.1) is 29.5 Å². The van der Waals surface area contributed by atoms with E-state index in [-0.39, 0.29) is 16.3 Å². The third-order valence-electron chi connectivity index (χ3n) is 6.86. The van der Waals surface area contributed by atoms with E-state index >= 15 is 0 Å². The fraction of sp³-hybridized carbons (Fsp3) is 0.615. The van der Waals surface area contributed by atoms with Crippen LogP contribution in [0.3, 0.4) is 0 Å². The Morgan fingerprint density at radius 3 is 2.59 bits per heavy atom. The van der Waals surface area contributed by atoms with Gasteiger partial charge in [-0.05, 0) is 62.8 Å². The highest BCUT2D eigenvalue weighted by Crippen LogP contribution is 2.37. The van der Waals surface area contributed by atoms with Gasteiger partial charge in [-0.25, -0.2) is 4.39 Å². The smallest absolute Gasteiger partial charge is 0.309 e. The quantitative estimate of drug-likeness (QED) is 0.184. The lowest BCUT2D eigenvalue weighted by molar-refractivity contribution is -0.147. The molecule has 0 aliphatic heterocycles. The zero-order chi connectivity index (χ0) is 23.3. The predicted molar refractivity (Wildman–Crippen MR) is 124 cm³/mol. The molecule has 2 aliphatic carbocycles. The van der Waals surface area contributed by atoms with Gasteiger partial charge in [-0.2, -0.15) is 0 Å². The van der Waals surface area contributed by atoms with E-state index in [1.165, 1.54) is 31.2 Å². The molecule has 0 spiro atoms. The van der Waals surface area contributed by atoms with Crippen LogP contribution in [0.5, 0.6) is 5.75 Å². The van der Waals surface area contributed by atoms with Crippen LogP contribution in [-0.4, -0.2) is 25.5 Å². The normalized spacial score (nSPS) is 25.9. The lowest BCUT2D eigenvalue weighted by Gasteiger charge is -2.28. The number of halogens is 2. The number of methoxy groups -OCH3 is 1. The Bertz CT molecular complexity index is 852. The summed E-state index contributed by atoms with van der Waals surface area (Å²) < 4.78 is 25.4. The van der Waals surface area contributed by atoms with Crippen LogP contribution in [0.4, 0.5) is 4.39 Å². The third kappa shape index (κ3) is 6.12. The van der Waals surface area contributed by atoms with Gasteiger partial charge < -0.3 is 9.47 Å². The van der Waals surface area contributed by atoms with E-state index < -0.39 is 29.4 Å². The summed E-state index contributed by atoms with van der Waals surface area (Å²) in [6, 6.07) is 2.53. The van der Waals surface area contributed by atoms with Gasteiger partial charge in [0.05, 0.1) is 30.2 Å². The van der Waals surface area contributed by atoms with Crippen molar-refractivity contribution in [3.8, 4) is 5.75 Å². The predicted octanol–water partition coefficient (Wildman–Crippen LogP) is 6.79. The van der Waals surface area contributed by atoms with Gasteiger partial charge >= 0.3 is 5.97 Å². The molecule has 0 bridgehead atoms. The van der Waals surface area contributed by atoms with Crippen molar-refractivity contribution in [2.24, 2.45) is 23.7 Å². The molecule has 0 amide bonds. The number of hydrogen-bond donors (Lipinski definition) is 0. The Morgan fingerprint density at radius 1 is 1.19 bits per heavy atom. The highest BCUT2D eigenvalue weighted by molar-refractivity contribution is 6.32. The van der Waals surface area contributed by atoms with Gasteiger partial charge in [0, 0.05) is 12.0 Å². The Morgan fingerprint density at radius 2 is 1.91 bits per heavy atom. The Hall–Kier alpha value is -1.88. The van der Waals surface area contributed by atoms with Crippen LogP contribution in [0.25, 0.3) is 0 Å². The van der Waals surface area contributed by atoms with Crippen LogP contribution < -0.4 is 4.74 Å². The molecule has 1 aromatic rings. The largest absolute Gasteiger partial charge is 0.492 e. The minimum Gasteiger partial charge on any atom is -0.492 e. The van der Waals surface area contributed by atoms with Crippen molar-refractivity contribution in [1.29, 1.82) is 0 Å². The Balaban J connectivity index is 1.60. The minimum absolute atomic E-state index is 0.0853. The number of esters is 1. The number of ether oxygens (including phenoxy) is 2. The lowest BCUT2D eigenvalue weighted by Crippen LogP contribution is -2.34. The first kappa shape index (κ1) is 24.8. The molecular weight excluding hydrogens is 431 g/mol. The number of Topliss-reactive ketones (excluding diaryl/α,β-unsaturated/α-hetero) is 1. The summed E-state index contributed by atoms with van der Waals surface area (Å²) >= 11 is 6.33. The summed E-state index contributed by atoms with van der Waals surface area (Å²) in [7, 11) is 1.31. The number of benzene rings is 1. The van der Waals surface area contributed by atoms with Crippen molar-refractivity contribution >= 4 is 23.4 Å². The number of hydrogen-bond acceptors (Lipinski definition) is 4. The average Bonchev–Trinajstić information content (AvgIpc) is 2.77. The van der Waals surface area contributed by atoms with Crippen molar-refractivity contribution < 1.29 is 23.5 Å². The summed E-state index contributed by atoms with van der Waals surface area (Å²) in [5.74, 6) is -1.03. The van der Waals surface area contributed by atoms with Gasteiger partial charge in [-0.15, -0.1) is 0 Å². The molecule has 0 saturated heterocycles. The first-order chi connectivity index (χ1) is 15.3. The van der Waals surface area contributed by atoms with Crippen LogP contribution in [-0.2, 0) is 9.53 Å². The van der Waals surface area contributed by atoms with Gasteiger partial charge in [-0.3, -0.25) is 9.59 Å². The average molecular weight is 465 g/mol. The molecule has 2 aliphatic rings. The summed E-state index contributed by atoms with van der Waals surface area (Å²) in [5, 5.41) is 0.208. The van der Waals surface area contributed by atoms with Crippen LogP contribution in [0.1, 0.15) is 75.1 Å². The van der Waals surface area contributed by atoms with E-state index in [1.54, 1.807) is 0 Å². The Labute approximate surface area is 195 Å². The van der Waals surface area contributed by atoms with E-state index in [0.29, 0.717) is 31.3 Å². The lowest BCUT2D eigenvalue weighted by atomic mass is 9.75. The highest BCUT2D eigenvalue weighted by atomic mass is 35.5. The molecule has 4 unspecified atom stereocenters. The van der Waals surface area contributed by atoms with Crippen LogP contribution >= 0.6 is 11.6 Å². The highest BCUT2D eigenvalue weighted by Gasteiger charge is 2.38. The molecule has 2 fully saturated rings. The van der Waals surface area contributed by atoms with Gasteiger partial charge in [0.2, 0.25) is 0 Å². The topological polar surface area (TPSA) is 52.6 Å². The van der Waals surface area contributed by atoms with Gasteiger partial charge in [0.25, 0.3) is 0 Å². The maximum absolute atomic E-state index is 14.8. The number of allylic oxidation sites excluding steroid dienone is 1. The summed E-state index contributed by atoms with van der Waals surface area (Å²) in [6.45, 7) is 6.85. The zero-order valence-electron chi connectivity index (χ0n) is 19.1. The van der Waals surface area contributed by atoms with E-state index in [1.807, 2.05) is 0 Å². The first-order valence-corrected chi connectivity index (χ1v) is 12.1.